The lowest BCUT2D eigenvalue weighted by molar-refractivity contribution is -0.286. The van der Waals surface area contributed by atoms with Crippen LogP contribution in [0.15, 0.2) is 36.4 Å². The Morgan fingerprint density at radius 3 is 2.53 bits per heavy atom. The van der Waals surface area contributed by atoms with Crippen molar-refractivity contribution in [3.63, 3.8) is 0 Å². The molecule has 1 N–H and O–H groups in total. The largest absolute Gasteiger partial charge is 0.586 e. The summed E-state index contributed by atoms with van der Waals surface area (Å²) in [6, 6.07) is 9.20. The van der Waals surface area contributed by atoms with Crippen molar-refractivity contribution in [2.75, 3.05) is 6.61 Å². The molecule has 32 heavy (non-hydrogen) atoms. The number of carbonyl (C=O) groups excluding carboxylic acids is 2. The molecular formula is C23H20ClF2NO5. The molecule has 6 rings (SSSR count). The molecule has 1 aliphatic heterocycles. The topological polar surface area (TPSA) is 73.9 Å². The maximum atomic E-state index is 13.2. The van der Waals surface area contributed by atoms with E-state index in [1.165, 1.54) is 18.2 Å². The van der Waals surface area contributed by atoms with E-state index in [1.54, 1.807) is 18.2 Å². The number of alkyl halides is 2. The molecule has 2 bridgehead atoms. The highest BCUT2D eigenvalue weighted by Gasteiger charge is 2.68. The number of nitrogens with one attached hydrogen (secondary N) is 1. The zero-order valence-corrected chi connectivity index (χ0v) is 17.9. The lowest BCUT2D eigenvalue weighted by Crippen LogP contribution is -2.75. The third-order valence-electron chi connectivity index (χ3n) is 6.28. The normalized spacial score (nSPS) is 26.0. The number of fused-ring (bicyclic) bond motifs is 1. The molecule has 6 nitrogen and oxygen atoms in total. The van der Waals surface area contributed by atoms with Crippen molar-refractivity contribution in [3.8, 4) is 17.2 Å². The quantitative estimate of drug-likeness (QED) is 0.646. The van der Waals surface area contributed by atoms with Crippen molar-refractivity contribution < 1.29 is 32.6 Å². The van der Waals surface area contributed by atoms with E-state index in [-0.39, 0.29) is 46.3 Å². The first kappa shape index (κ1) is 21.0. The average molecular weight is 464 g/mol. The van der Waals surface area contributed by atoms with Gasteiger partial charge in [-0.05, 0) is 73.6 Å². The van der Waals surface area contributed by atoms with E-state index in [4.69, 9.17) is 16.3 Å². The fourth-order valence-electron chi connectivity index (χ4n) is 5.06. The van der Waals surface area contributed by atoms with Crippen LogP contribution in [0.25, 0.3) is 0 Å². The summed E-state index contributed by atoms with van der Waals surface area (Å²) in [5, 5.41) is 3.62. The second-order valence-corrected chi connectivity index (χ2v) is 9.42. The summed E-state index contributed by atoms with van der Waals surface area (Å²) in [5.74, 6) is -0.0339. The molecular weight excluding hydrogens is 444 g/mol. The Balaban J connectivity index is 1.11. The number of hydrogen-bond donors (Lipinski definition) is 1. The van der Waals surface area contributed by atoms with Gasteiger partial charge in [-0.3, -0.25) is 9.59 Å². The van der Waals surface area contributed by atoms with Crippen LogP contribution in [-0.2, 0) is 4.79 Å². The number of halogens is 3. The highest BCUT2D eigenvalue weighted by atomic mass is 35.5. The van der Waals surface area contributed by atoms with Crippen molar-refractivity contribution in [2.45, 2.75) is 44.4 Å². The highest BCUT2D eigenvalue weighted by molar-refractivity contribution is 6.31. The zero-order valence-electron chi connectivity index (χ0n) is 17.2. The predicted octanol–water partition coefficient (Wildman–Crippen LogP) is 4.66. The average Bonchev–Trinajstić information content (AvgIpc) is 2.99. The van der Waals surface area contributed by atoms with Crippen LogP contribution in [0, 0.1) is 12.3 Å². The van der Waals surface area contributed by atoms with Gasteiger partial charge < -0.3 is 19.5 Å². The van der Waals surface area contributed by atoms with Crippen LogP contribution in [-0.4, -0.2) is 30.1 Å². The first-order valence-corrected chi connectivity index (χ1v) is 10.6. The van der Waals surface area contributed by atoms with Gasteiger partial charge in [0.05, 0.1) is 0 Å². The molecule has 1 amide bonds. The molecule has 2 aromatic carbocycles. The van der Waals surface area contributed by atoms with Crippen LogP contribution in [0.2, 0.25) is 5.02 Å². The number of ether oxygens (including phenoxy) is 3. The summed E-state index contributed by atoms with van der Waals surface area (Å²) >= 11 is 5.99. The Hall–Kier alpha value is -2.87. The summed E-state index contributed by atoms with van der Waals surface area (Å²) < 4.78 is 40.6. The summed E-state index contributed by atoms with van der Waals surface area (Å²) in [6.45, 7) is 1.86. The Morgan fingerprint density at radius 1 is 1.09 bits per heavy atom. The van der Waals surface area contributed by atoms with E-state index >= 15 is 0 Å². The van der Waals surface area contributed by atoms with Crippen LogP contribution in [0.5, 0.6) is 17.2 Å². The van der Waals surface area contributed by atoms with Gasteiger partial charge >= 0.3 is 6.29 Å². The van der Waals surface area contributed by atoms with Crippen LogP contribution in [0.3, 0.4) is 0 Å². The van der Waals surface area contributed by atoms with Crippen LogP contribution in [0.1, 0.15) is 41.6 Å². The number of hydrogen-bond acceptors (Lipinski definition) is 5. The number of Topliss-reactive ketones (excluding diaryl/α,β-unsaturated/α-hetero) is 1. The molecule has 0 radical (unpaired) electrons. The first-order valence-electron chi connectivity index (χ1n) is 10.2. The van der Waals surface area contributed by atoms with E-state index in [9.17, 15) is 18.4 Å². The molecule has 3 fully saturated rings. The van der Waals surface area contributed by atoms with Gasteiger partial charge in [0.2, 0.25) is 0 Å². The fourth-order valence-corrected chi connectivity index (χ4v) is 5.18. The van der Waals surface area contributed by atoms with Crippen LogP contribution in [0.4, 0.5) is 8.78 Å². The smallest absolute Gasteiger partial charge is 0.486 e. The van der Waals surface area contributed by atoms with E-state index < -0.39 is 6.29 Å². The molecule has 0 atom stereocenters. The molecule has 0 saturated heterocycles. The molecule has 3 saturated carbocycles. The van der Waals surface area contributed by atoms with Gasteiger partial charge in [-0.25, -0.2) is 0 Å². The molecule has 0 aromatic heterocycles. The number of aryl methyl sites for hydroxylation is 1. The summed E-state index contributed by atoms with van der Waals surface area (Å²) in [5.41, 5.74) is 0.656. The SMILES string of the molecule is Cc1cc(OCC(=O)CC23CC(NC(=O)c4ccc5c(c4)OC(F)(F)O5)(C2)C3)ccc1Cl. The second-order valence-electron chi connectivity index (χ2n) is 9.01. The van der Waals surface area contributed by atoms with E-state index in [0.29, 0.717) is 36.5 Å². The lowest BCUT2D eigenvalue weighted by Gasteiger charge is -2.70. The van der Waals surface area contributed by atoms with Crippen LogP contribution >= 0.6 is 11.6 Å². The van der Waals surface area contributed by atoms with Gasteiger partial charge in [-0.2, -0.15) is 0 Å². The van der Waals surface area contributed by atoms with Gasteiger partial charge in [-0.1, -0.05) is 11.6 Å². The number of ketones is 1. The van der Waals surface area contributed by atoms with Crippen molar-refractivity contribution >= 4 is 23.3 Å². The Morgan fingerprint density at radius 2 is 1.81 bits per heavy atom. The van der Waals surface area contributed by atoms with Gasteiger partial charge in [0.1, 0.15) is 12.4 Å². The predicted molar refractivity (Wildman–Crippen MR) is 110 cm³/mol. The highest BCUT2D eigenvalue weighted by Crippen LogP contribution is 2.69. The maximum Gasteiger partial charge on any atom is 0.586 e. The molecule has 0 unspecified atom stereocenters. The minimum Gasteiger partial charge on any atom is -0.486 e. The van der Waals surface area contributed by atoms with Gasteiger partial charge in [-0.15, -0.1) is 8.78 Å². The lowest BCUT2D eigenvalue weighted by atomic mass is 9.38. The molecule has 2 aromatic rings. The minimum atomic E-state index is -3.72. The Kier molecular flexibility index (Phi) is 4.64. The number of benzene rings is 2. The molecule has 9 heteroatoms. The fraction of sp³-hybridized carbons (Fsp3) is 0.391. The molecule has 0 spiro atoms. The Bertz CT molecular complexity index is 1120. The molecule has 1 heterocycles. The van der Waals surface area contributed by atoms with Crippen LogP contribution < -0.4 is 19.5 Å². The summed E-state index contributed by atoms with van der Waals surface area (Å²) in [4.78, 5) is 25.0. The van der Waals surface area contributed by atoms with Crippen molar-refractivity contribution in [1.82, 2.24) is 5.32 Å². The third-order valence-corrected chi connectivity index (χ3v) is 6.71. The number of amides is 1. The number of rotatable bonds is 7. The van der Waals surface area contributed by atoms with E-state index in [1.807, 2.05) is 6.92 Å². The minimum absolute atomic E-state index is 0.00827. The molecule has 168 valence electrons. The molecule has 4 aliphatic rings. The van der Waals surface area contributed by atoms with Crippen molar-refractivity contribution in [1.29, 1.82) is 0 Å². The third kappa shape index (κ3) is 3.77. The zero-order chi connectivity index (χ0) is 22.7. The van der Waals surface area contributed by atoms with Crippen molar-refractivity contribution in [2.24, 2.45) is 5.41 Å². The monoisotopic (exact) mass is 463 g/mol. The van der Waals surface area contributed by atoms with Gasteiger partial charge in [0, 0.05) is 22.5 Å². The van der Waals surface area contributed by atoms with E-state index in [2.05, 4.69) is 14.8 Å². The number of carbonyl (C=O) groups is 2. The van der Waals surface area contributed by atoms with Gasteiger partial charge in [0.25, 0.3) is 5.91 Å². The first-order chi connectivity index (χ1) is 15.1. The molecule has 3 aliphatic carbocycles. The maximum absolute atomic E-state index is 13.2. The second kappa shape index (κ2) is 7.07. The van der Waals surface area contributed by atoms with Crippen molar-refractivity contribution in [3.05, 3.63) is 52.5 Å². The summed E-state index contributed by atoms with van der Waals surface area (Å²) in [7, 11) is 0. The standard InChI is InChI=1S/C23H20ClF2NO5/c1-13-6-16(3-4-17(13)24)30-9-15(28)8-21-10-22(11-21,12-21)27-20(29)14-2-5-18-19(7-14)32-23(25,26)31-18/h2-7H,8-12H2,1H3,(H,27,29). The van der Waals surface area contributed by atoms with Gasteiger partial charge in [0.15, 0.2) is 17.3 Å². The van der Waals surface area contributed by atoms with E-state index in [0.717, 1.165) is 5.56 Å². The summed E-state index contributed by atoms with van der Waals surface area (Å²) in [6.07, 6.45) is -1.20. The Labute approximate surface area is 187 Å².